The summed E-state index contributed by atoms with van der Waals surface area (Å²) in [5.41, 5.74) is 2.40. The van der Waals surface area contributed by atoms with E-state index in [9.17, 15) is 19.5 Å². The van der Waals surface area contributed by atoms with Gasteiger partial charge in [-0.3, -0.25) is 14.4 Å². The lowest BCUT2D eigenvalue weighted by molar-refractivity contribution is -0.156. The zero-order valence-corrected chi connectivity index (χ0v) is 24.5. The van der Waals surface area contributed by atoms with Crippen molar-refractivity contribution in [3.8, 4) is 0 Å². The van der Waals surface area contributed by atoms with E-state index in [1.54, 1.807) is 6.92 Å². The van der Waals surface area contributed by atoms with Crippen LogP contribution in [0.2, 0.25) is 0 Å². The summed E-state index contributed by atoms with van der Waals surface area (Å²) in [5.74, 6) is -3.22. The molecule has 2 aromatic carbocycles. The van der Waals surface area contributed by atoms with Crippen LogP contribution in [0.4, 0.5) is 11.4 Å². The normalized spacial score (nSPS) is 24.1. The SMILES string of the molecule is CCC[C@@H]1C=C[C@H]2[C@H](C(=O)N([C@H](CO)c3ccccc3)[C@@H]2C(=O)Nc2ccc(N(CC)CC)cc2)[C@@H]1C(=O)OCC. The Balaban J connectivity index is 1.74. The fraction of sp³-hybridized carbons (Fsp3) is 0.485. The molecule has 6 atom stereocenters. The van der Waals surface area contributed by atoms with Gasteiger partial charge in [-0.2, -0.15) is 0 Å². The molecule has 1 aliphatic heterocycles. The van der Waals surface area contributed by atoms with Crippen LogP contribution in [-0.4, -0.2) is 60.1 Å². The molecule has 0 aromatic heterocycles. The number of ether oxygens (including phenoxy) is 1. The number of anilines is 2. The Kier molecular flexibility index (Phi) is 10.2. The van der Waals surface area contributed by atoms with Gasteiger partial charge in [0.2, 0.25) is 11.8 Å². The number of aliphatic hydroxyl groups excluding tert-OH is 1. The Morgan fingerprint density at radius 3 is 2.27 bits per heavy atom. The van der Waals surface area contributed by atoms with Crippen LogP contribution in [0.1, 0.15) is 52.1 Å². The standard InChI is InChI=1S/C33H43N3O5/c1-5-12-23-15-20-26-29(28(23)33(40)41-8-4)32(39)36(27(21-37)22-13-10-9-11-14-22)30(26)31(38)34-24-16-18-25(19-17-24)35(6-2)7-3/h9-11,13-20,23,26-30,37H,5-8,12,21H2,1-4H3,(H,34,38)/t23-,26+,27-,28-,29+,30+/m1/s1. The van der Waals surface area contributed by atoms with Crippen molar-refractivity contribution < 1.29 is 24.2 Å². The number of aliphatic hydroxyl groups is 1. The van der Waals surface area contributed by atoms with E-state index < -0.39 is 35.8 Å². The van der Waals surface area contributed by atoms with Gasteiger partial charge in [-0.1, -0.05) is 55.8 Å². The molecule has 0 bridgehead atoms. The van der Waals surface area contributed by atoms with Crippen molar-refractivity contribution in [1.29, 1.82) is 0 Å². The second-order valence-electron chi connectivity index (χ2n) is 10.7. The average Bonchev–Trinajstić information content (AvgIpc) is 3.27. The maximum Gasteiger partial charge on any atom is 0.310 e. The Labute approximate surface area is 243 Å². The van der Waals surface area contributed by atoms with Crippen LogP contribution < -0.4 is 10.2 Å². The molecule has 0 unspecified atom stereocenters. The first-order valence-electron chi connectivity index (χ1n) is 14.9. The molecule has 1 saturated heterocycles. The van der Waals surface area contributed by atoms with E-state index in [1.165, 1.54) is 4.90 Å². The third-order valence-electron chi connectivity index (χ3n) is 8.45. The van der Waals surface area contributed by atoms with Crippen LogP contribution in [0.15, 0.2) is 66.7 Å². The van der Waals surface area contributed by atoms with Crippen LogP contribution in [0.3, 0.4) is 0 Å². The van der Waals surface area contributed by atoms with Gasteiger partial charge in [-0.15, -0.1) is 0 Å². The fourth-order valence-electron chi connectivity index (χ4n) is 6.54. The van der Waals surface area contributed by atoms with Gasteiger partial charge >= 0.3 is 5.97 Å². The highest BCUT2D eigenvalue weighted by Crippen LogP contribution is 2.48. The maximum atomic E-state index is 14.3. The highest BCUT2D eigenvalue weighted by molar-refractivity contribution is 6.02. The van der Waals surface area contributed by atoms with Crippen LogP contribution in [-0.2, 0) is 19.1 Å². The summed E-state index contributed by atoms with van der Waals surface area (Å²) >= 11 is 0. The number of esters is 1. The number of hydrogen-bond donors (Lipinski definition) is 2. The lowest BCUT2D eigenvalue weighted by atomic mass is 9.69. The summed E-state index contributed by atoms with van der Waals surface area (Å²) in [5, 5.41) is 13.6. The molecule has 2 aromatic rings. The van der Waals surface area contributed by atoms with Crippen molar-refractivity contribution in [2.45, 2.75) is 52.6 Å². The summed E-state index contributed by atoms with van der Waals surface area (Å²) < 4.78 is 5.46. The van der Waals surface area contributed by atoms with Crippen LogP contribution in [0, 0.1) is 23.7 Å². The number of carbonyl (C=O) groups excluding carboxylic acids is 3. The van der Waals surface area contributed by atoms with Gasteiger partial charge in [0.25, 0.3) is 0 Å². The summed E-state index contributed by atoms with van der Waals surface area (Å²) in [4.78, 5) is 45.4. The highest BCUT2D eigenvalue weighted by atomic mass is 16.5. The summed E-state index contributed by atoms with van der Waals surface area (Å²) in [7, 11) is 0. The number of nitrogens with one attached hydrogen (secondary N) is 1. The lowest BCUT2D eigenvalue weighted by Crippen LogP contribution is -2.46. The van der Waals surface area contributed by atoms with Crippen molar-refractivity contribution in [2.24, 2.45) is 23.7 Å². The van der Waals surface area contributed by atoms with E-state index in [2.05, 4.69) is 24.1 Å². The van der Waals surface area contributed by atoms with Crippen molar-refractivity contribution in [1.82, 2.24) is 4.90 Å². The average molecular weight is 562 g/mol. The van der Waals surface area contributed by atoms with Crippen molar-refractivity contribution in [3.05, 3.63) is 72.3 Å². The Morgan fingerprint density at radius 1 is 1.00 bits per heavy atom. The van der Waals surface area contributed by atoms with Gasteiger partial charge in [-0.05, 0) is 62.9 Å². The van der Waals surface area contributed by atoms with Crippen molar-refractivity contribution in [2.75, 3.05) is 36.5 Å². The van der Waals surface area contributed by atoms with E-state index in [0.717, 1.165) is 37.2 Å². The second-order valence-corrected chi connectivity index (χ2v) is 10.7. The molecular formula is C33H43N3O5. The molecule has 0 radical (unpaired) electrons. The number of carbonyl (C=O) groups is 3. The monoisotopic (exact) mass is 561 g/mol. The summed E-state index contributed by atoms with van der Waals surface area (Å²) in [6.45, 7) is 9.59. The molecule has 2 N–H and O–H groups in total. The van der Waals surface area contributed by atoms with E-state index >= 15 is 0 Å². The van der Waals surface area contributed by atoms with Crippen LogP contribution in [0.25, 0.3) is 0 Å². The van der Waals surface area contributed by atoms with Crippen molar-refractivity contribution >= 4 is 29.2 Å². The molecule has 1 aliphatic carbocycles. The molecule has 2 aliphatic rings. The molecule has 0 saturated carbocycles. The quantitative estimate of drug-likeness (QED) is 0.285. The van der Waals surface area contributed by atoms with Crippen molar-refractivity contribution in [3.63, 3.8) is 0 Å². The zero-order chi connectivity index (χ0) is 29.5. The molecule has 1 fully saturated rings. The topological polar surface area (TPSA) is 99.2 Å². The smallest absolute Gasteiger partial charge is 0.310 e. The van der Waals surface area contributed by atoms with Gasteiger partial charge < -0.3 is 25.0 Å². The predicted octanol–water partition coefficient (Wildman–Crippen LogP) is 4.81. The predicted molar refractivity (Wildman–Crippen MR) is 160 cm³/mol. The first kappa shape index (κ1) is 30.3. The molecular weight excluding hydrogens is 518 g/mol. The Morgan fingerprint density at radius 2 is 1.68 bits per heavy atom. The number of nitrogens with zero attached hydrogens (tertiary/aromatic N) is 2. The van der Waals surface area contributed by atoms with Gasteiger partial charge in [0.05, 0.1) is 31.1 Å². The number of hydrogen-bond acceptors (Lipinski definition) is 6. The minimum absolute atomic E-state index is 0.162. The highest BCUT2D eigenvalue weighted by Gasteiger charge is 2.59. The minimum atomic E-state index is -0.914. The molecule has 220 valence electrons. The van der Waals surface area contributed by atoms with Crippen LogP contribution in [0.5, 0.6) is 0 Å². The number of fused-ring (bicyclic) bond motifs is 1. The number of likely N-dealkylation sites (tertiary alicyclic amines) is 1. The van der Waals surface area contributed by atoms with E-state index in [1.807, 2.05) is 73.7 Å². The first-order valence-corrected chi connectivity index (χ1v) is 14.9. The van der Waals surface area contributed by atoms with Crippen LogP contribution >= 0.6 is 0 Å². The van der Waals surface area contributed by atoms with Gasteiger partial charge in [-0.25, -0.2) is 0 Å². The fourth-order valence-corrected chi connectivity index (χ4v) is 6.54. The number of rotatable bonds is 12. The van der Waals surface area contributed by atoms with Gasteiger partial charge in [0.1, 0.15) is 6.04 Å². The Hall–Kier alpha value is -3.65. The first-order chi connectivity index (χ1) is 19.9. The molecule has 4 rings (SSSR count). The minimum Gasteiger partial charge on any atom is -0.466 e. The molecule has 1 heterocycles. The zero-order valence-electron chi connectivity index (χ0n) is 24.5. The summed E-state index contributed by atoms with van der Waals surface area (Å²) in [6, 6.07) is 15.2. The molecule has 8 heteroatoms. The molecule has 8 nitrogen and oxygen atoms in total. The lowest BCUT2D eigenvalue weighted by Gasteiger charge is -2.34. The molecule has 2 amide bonds. The van der Waals surface area contributed by atoms with Gasteiger partial charge in [0.15, 0.2) is 0 Å². The Bertz CT molecular complexity index is 1210. The summed E-state index contributed by atoms with van der Waals surface area (Å²) in [6.07, 6.45) is 5.50. The maximum absolute atomic E-state index is 14.3. The second kappa shape index (κ2) is 13.8. The van der Waals surface area contributed by atoms with E-state index in [0.29, 0.717) is 5.69 Å². The third-order valence-corrected chi connectivity index (χ3v) is 8.45. The number of allylic oxidation sites excluding steroid dienone is 1. The number of amides is 2. The molecule has 0 spiro atoms. The largest absolute Gasteiger partial charge is 0.466 e. The van der Waals surface area contributed by atoms with E-state index in [-0.39, 0.29) is 30.9 Å². The van der Waals surface area contributed by atoms with E-state index in [4.69, 9.17) is 4.74 Å². The third kappa shape index (κ3) is 6.17. The number of benzene rings is 2. The molecule has 41 heavy (non-hydrogen) atoms. The van der Waals surface area contributed by atoms with Gasteiger partial charge in [0, 0.05) is 30.4 Å².